The monoisotopic (exact) mass is 549 g/mol. The quantitative estimate of drug-likeness (QED) is 0.310. The Morgan fingerprint density at radius 2 is 2.00 bits per heavy atom. The van der Waals surface area contributed by atoms with E-state index in [1.165, 1.54) is 19.5 Å². The Bertz CT molecular complexity index is 1030. The van der Waals surface area contributed by atoms with Gasteiger partial charge in [-0.05, 0) is 64.9 Å². The molecule has 29 heavy (non-hydrogen) atoms. The van der Waals surface area contributed by atoms with E-state index in [2.05, 4.69) is 9.71 Å². The number of carbonyl (C=O) groups is 1. The van der Waals surface area contributed by atoms with Gasteiger partial charge in [0.05, 0.1) is 12.7 Å². The Labute approximate surface area is 189 Å². The van der Waals surface area contributed by atoms with Crippen molar-refractivity contribution in [2.45, 2.75) is 11.3 Å². The number of carbonyl (C=O) groups excluding carboxylic acids is 1. The number of sulfonamides is 1. The van der Waals surface area contributed by atoms with Crippen molar-refractivity contribution in [3.63, 3.8) is 0 Å². The highest BCUT2D eigenvalue weighted by atomic mass is 127. The van der Waals surface area contributed by atoms with Crippen molar-refractivity contribution in [2.24, 2.45) is 4.40 Å². The van der Waals surface area contributed by atoms with E-state index in [1.54, 1.807) is 43.3 Å². The summed E-state index contributed by atoms with van der Waals surface area (Å²) in [4.78, 5) is 14.1. The number of methoxy groups -OCH3 is 1. The molecule has 0 aromatic heterocycles. The predicted octanol–water partition coefficient (Wildman–Crippen LogP) is 3.20. The molecule has 2 rings (SSSR count). The summed E-state index contributed by atoms with van der Waals surface area (Å²) < 4.78 is 34.3. The van der Waals surface area contributed by atoms with Gasteiger partial charge in [0.2, 0.25) is 0 Å². The van der Waals surface area contributed by atoms with Crippen LogP contribution in [0.4, 0.5) is 0 Å². The van der Waals surface area contributed by atoms with Crippen molar-refractivity contribution in [3.05, 3.63) is 56.1 Å². The summed E-state index contributed by atoms with van der Waals surface area (Å²) in [5.41, 5.74) is 1.10. The second-order valence-corrected chi connectivity index (χ2v) is 9.47. The number of nitrogens with zero attached hydrogens (tertiary/aromatic N) is 2. The molecular formula is C19H21ClIN3O4S. The molecule has 10 heteroatoms. The average Bonchev–Trinajstić information content (AvgIpc) is 2.67. The van der Waals surface area contributed by atoms with E-state index in [0.29, 0.717) is 32.9 Å². The highest BCUT2D eigenvalue weighted by Crippen LogP contribution is 2.23. The van der Waals surface area contributed by atoms with Gasteiger partial charge in [-0.1, -0.05) is 17.7 Å². The molecule has 1 N–H and O–H groups in total. The smallest absolute Gasteiger partial charge is 0.284 e. The van der Waals surface area contributed by atoms with E-state index in [9.17, 15) is 13.2 Å². The van der Waals surface area contributed by atoms with Gasteiger partial charge in [0.15, 0.2) is 0 Å². The Morgan fingerprint density at radius 1 is 1.28 bits per heavy atom. The highest BCUT2D eigenvalue weighted by molar-refractivity contribution is 14.1. The first-order valence-electron chi connectivity index (χ1n) is 8.51. The van der Waals surface area contributed by atoms with E-state index in [4.69, 9.17) is 16.3 Å². The molecule has 156 valence electrons. The third-order valence-corrected chi connectivity index (χ3v) is 6.60. The molecule has 0 heterocycles. The van der Waals surface area contributed by atoms with Crippen LogP contribution in [0.5, 0.6) is 5.75 Å². The summed E-state index contributed by atoms with van der Waals surface area (Å²) in [6.45, 7) is 0.315. The fraction of sp³-hybridized carbons (Fsp3) is 0.263. The molecule has 7 nitrogen and oxygen atoms in total. The normalized spacial score (nSPS) is 11.5. The molecule has 0 aliphatic heterocycles. The zero-order valence-electron chi connectivity index (χ0n) is 16.1. The minimum absolute atomic E-state index is 0.136. The van der Waals surface area contributed by atoms with Crippen molar-refractivity contribution >= 4 is 56.5 Å². The van der Waals surface area contributed by atoms with Gasteiger partial charge in [-0.25, -0.2) is 0 Å². The maximum Gasteiger partial charge on any atom is 0.284 e. The third kappa shape index (κ3) is 6.58. The summed E-state index contributed by atoms with van der Waals surface area (Å²) in [7, 11) is 1.06. The van der Waals surface area contributed by atoms with Gasteiger partial charge in [0.1, 0.15) is 17.0 Å². The zero-order valence-corrected chi connectivity index (χ0v) is 19.9. The van der Waals surface area contributed by atoms with E-state index >= 15 is 0 Å². The van der Waals surface area contributed by atoms with Crippen LogP contribution in [-0.4, -0.2) is 53.3 Å². The molecule has 1 amide bonds. The standard InChI is InChI=1S/C19H21ClIN3O4S/c1-24(2)12-23-29(26,27)18-10-13(4-6-16(18)21)8-9-22-19(25)15-11-14(20)5-7-17(15)28-3/h4-7,10-12H,8-9H2,1-3H3,(H,22,25)/b23-12-. The molecule has 2 aromatic rings. The Morgan fingerprint density at radius 3 is 2.66 bits per heavy atom. The second kappa shape index (κ2) is 10.3. The van der Waals surface area contributed by atoms with Crippen molar-refractivity contribution in [3.8, 4) is 5.75 Å². The number of benzene rings is 2. The highest BCUT2D eigenvalue weighted by Gasteiger charge is 2.17. The summed E-state index contributed by atoms with van der Waals surface area (Å²) in [6.07, 6.45) is 1.70. The topological polar surface area (TPSA) is 88.1 Å². The summed E-state index contributed by atoms with van der Waals surface area (Å²) in [5.74, 6) is 0.103. The van der Waals surface area contributed by atoms with Gasteiger partial charge in [0, 0.05) is 29.2 Å². The van der Waals surface area contributed by atoms with Crippen molar-refractivity contribution < 1.29 is 17.9 Å². The molecule has 0 aliphatic rings. The van der Waals surface area contributed by atoms with Crippen LogP contribution in [0, 0.1) is 3.57 Å². The Hall–Kier alpha value is -1.85. The third-order valence-electron chi connectivity index (χ3n) is 3.80. The minimum atomic E-state index is -3.80. The lowest BCUT2D eigenvalue weighted by Gasteiger charge is -2.11. The largest absolute Gasteiger partial charge is 0.496 e. The van der Waals surface area contributed by atoms with Crippen LogP contribution in [-0.2, 0) is 16.4 Å². The van der Waals surface area contributed by atoms with Crippen LogP contribution < -0.4 is 10.1 Å². The number of hydrogen-bond acceptors (Lipinski definition) is 4. The molecule has 0 saturated heterocycles. The average molecular weight is 550 g/mol. The molecule has 0 bridgehead atoms. The fourth-order valence-electron chi connectivity index (χ4n) is 2.39. The maximum absolute atomic E-state index is 12.5. The number of rotatable bonds is 8. The fourth-order valence-corrected chi connectivity index (χ4v) is 4.77. The number of nitrogens with one attached hydrogen (secondary N) is 1. The van der Waals surface area contributed by atoms with E-state index in [-0.39, 0.29) is 10.8 Å². The molecule has 0 atom stereocenters. The van der Waals surface area contributed by atoms with Crippen LogP contribution in [0.15, 0.2) is 45.7 Å². The van der Waals surface area contributed by atoms with Gasteiger partial charge in [-0.15, -0.1) is 4.40 Å². The Balaban J connectivity index is 2.11. The van der Waals surface area contributed by atoms with E-state index in [1.807, 2.05) is 28.7 Å². The van der Waals surface area contributed by atoms with Crippen LogP contribution in [0.3, 0.4) is 0 Å². The molecule has 0 fully saturated rings. The molecule has 2 aromatic carbocycles. The lowest BCUT2D eigenvalue weighted by Crippen LogP contribution is -2.26. The number of amides is 1. The summed E-state index contributed by atoms with van der Waals surface area (Å²) in [6, 6.07) is 9.92. The van der Waals surface area contributed by atoms with E-state index in [0.717, 1.165) is 5.56 Å². The van der Waals surface area contributed by atoms with Crippen LogP contribution in [0.2, 0.25) is 5.02 Å². The van der Waals surface area contributed by atoms with Crippen molar-refractivity contribution in [1.82, 2.24) is 10.2 Å². The lowest BCUT2D eigenvalue weighted by atomic mass is 10.1. The SMILES string of the molecule is COc1ccc(Cl)cc1C(=O)NCCc1ccc(I)c(S(=O)(=O)/N=C\N(C)C)c1. The van der Waals surface area contributed by atoms with Gasteiger partial charge in [-0.3, -0.25) is 4.79 Å². The molecule has 0 unspecified atom stereocenters. The van der Waals surface area contributed by atoms with Crippen LogP contribution in [0.25, 0.3) is 0 Å². The van der Waals surface area contributed by atoms with Gasteiger partial charge >= 0.3 is 0 Å². The predicted molar refractivity (Wildman–Crippen MR) is 123 cm³/mol. The molecule has 0 saturated carbocycles. The van der Waals surface area contributed by atoms with E-state index < -0.39 is 10.0 Å². The first kappa shape index (κ1) is 23.4. The van der Waals surface area contributed by atoms with Crippen molar-refractivity contribution in [2.75, 3.05) is 27.7 Å². The molecule has 0 radical (unpaired) electrons. The zero-order chi connectivity index (χ0) is 21.6. The molecular weight excluding hydrogens is 529 g/mol. The van der Waals surface area contributed by atoms with Gasteiger partial charge < -0.3 is 15.0 Å². The second-order valence-electron chi connectivity index (χ2n) is 6.27. The Kier molecular flexibility index (Phi) is 8.29. The first-order valence-corrected chi connectivity index (χ1v) is 11.4. The number of ether oxygens (including phenoxy) is 1. The van der Waals surface area contributed by atoms with Crippen LogP contribution >= 0.6 is 34.2 Å². The number of hydrogen-bond donors (Lipinski definition) is 1. The van der Waals surface area contributed by atoms with Crippen LogP contribution in [0.1, 0.15) is 15.9 Å². The minimum Gasteiger partial charge on any atom is -0.496 e. The lowest BCUT2D eigenvalue weighted by molar-refractivity contribution is 0.0951. The summed E-state index contributed by atoms with van der Waals surface area (Å²) in [5, 5.41) is 3.23. The van der Waals surface area contributed by atoms with Gasteiger partial charge in [0.25, 0.3) is 15.9 Å². The number of halogens is 2. The summed E-state index contributed by atoms with van der Waals surface area (Å²) >= 11 is 7.92. The first-order chi connectivity index (χ1) is 13.6. The van der Waals surface area contributed by atoms with Gasteiger partial charge in [-0.2, -0.15) is 8.42 Å². The molecule has 0 spiro atoms. The maximum atomic E-state index is 12.5. The molecule has 0 aliphatic carbocycles. The van der Waals surface area contributed by atoms with Crippen molar-refractivity contribution in [1.29, 1.82) is 0 Å².